The number of ether oxygens (including phenoxy) is 2. The third-order valence-corrected chi connectivity index (χ3v) is 5.27. The highest BCUT2D eigenvalue weighted by Crippen LogP contribution is 2.31. The Morgan fingerprint density at radius 1 is 1.09 bits per heavy atom. The van der Waals surface area contributed by atoms with Crippen molar-refractivity contribution in [2.75, 3.05) is 12.4 Å². The Balaban J connectivity index is 1.55. The number of hydrogen-bond donors (Lipinski definition) is 1. The Bertz CT molecular complexity index is 1260. The van der Waals surface area contributed by atoms with Gasteiger partial charge >= 0.3 is 0 Å². The van der Waals surface area contributed by atoms with Crippen LogP contribution >= 0.6 is 11.6 Å². The van der Waals surface area contributed by atoms with Gasteiger partial charge in [-0.3, -0.25) is 9.78 Å². The van der Waals surface area contributed by atoms with Crippen LogP contribution in [-0.4, -0.2) is 27.8 Å². The van der Waals surface area contributed by atoms with Crippen molar-refractivity contribution in [1.29, 1.82) is 0 Å². The van der Waals surface area contributed by atoms with Crippen molar-refractivity contribution in [3.63, 3.8) is 0 Å². The number of methoxy groups -OCH3 is 1. The summed E-state index contributed by atoms with van der Waals surface area (Å²) in [6.45, 7) is 2.31. The number of carbonyl (C=O) groups excluding carboxylic acids is 1. The maximum Gasteiger partial charge on any atom is 0.259 e. The number of nitrogens with zero attached hydrogens (tertiary/aromatic N) is 3. The molecule has 4 aromatic rings. The van der Waals surface area contributed by atoms with E-state index in [9.17, 15) is 4.79 Å². The van der Waals surface area contributed by atoms with Crippen molar-refractivity contribution in [3.8, 4) is 17.2 Å². The molecule has 7 nitrogen and oxygen atoms in total. The minimum atomic E-state index is -0.261. The zero-order chi connectivity index (χ0) is 23.2. The molecular formula is C25H23ClN4O3. The molecular weight excluding hydrogens is 440 g/mol. The minimum absolute atomic E-state index is 0.261. The first-order valence-electron chi connectivity index (χ1n) is 10.4. The van der Waals surface area contributed by atoms with Crippen molar-refractivity contribution in [2.24, 2.45) is 0 Å². The molecule has 0 saturated heterocycles. The molecule has 0 bridgehead atoms. The second-order valence-electron chi connectivity index (χ2n) is 7.22. The van der Waals surface area contributed by atoms with Gasteiger partial charge in [-0.15, -0.1) is 0 Å². The molecule has 0 aliphatic rings. The zero-order valence-electron chi connectivity index (χ0n) is 18.3. The van der Waals surface area contributed by atoms with Crippen molar-refractivity contribution < 1.29 is 14.3 Å². The molecule has 0 radical (unpaired) electrons. The molecule has 2 heterocycles. The molecule has 2 aromatic carbocycles. The number of amides is 1. The summed E-state index contributed by atoms with van der Waals surface area (Å²) in [6.07, 6.45) is 5.64. The third kappa shape index (κ3) is 5.15. The van der Waals surface area contributed by atoms with Gasteiger partial charge in [-0.1, -0.05) is 30.7 Å². The van der Waals surface area contributed by atoms with Gasteiger partial charge in [0.1, 0.15) is 6.61 Å². The lowest BCUT2D eigenvalue weighted by Gasteiger charge is -2.13. The second-order valence-corrected chi connectivity index (χ2v) is 7.66. The summed E-state index contributed by atoms with van der Waals surface area (Å²) >= 11 is 6.13. The Hall–Kier alpha value is -3.84. The SMILES string of the molecule is CCc1c(C(=O)Nc2ccc(OC)c(OCc3cccnc3)c2)cnn1-c1cccc(Cl)c1. The monoisotopic (exact) mass is 462 g/mol. The van der Waals surface area contributed by atoms with Crippen LogP contribution in [0.3, 0.4) is 0 Å². The van der Waals surface area contributed by atoms with Crippen LogP contribution in [0, 0.1) is 0 Å². The zero-order valence-corrected chi connectivity index (χ0v) is 19.0. The van der Waals surface area contributed by atoms with E-state index < -0.39 is 0 Å². The van der Waals surface area contributed by atoms with E-state index in [1.807, 2.05) is 37.3 Å². The van der Waals surface area contributed by atoms with Gasteiger partial charge in [-0.05, 0) is 42.8 Å². The molecule has 168 valence electrons. The fourth-order valence-corrected chi connectivity index (χ4v) is 3.63. The summed E-state index contributed by atoms with van der Waals surface area (Å²) in [6, 6.07) is 16.4. The average Bonchev–Trinajstić information content (AvgIpc) is 3.28. The number of benzene rings is 2. The first-order chi connectivity index (χ1) is 16.1. The smallest absolute Gasteiger partial charge is 0.259 e. The van der Waals surface area contributed by atoms with Crippen LogP contribution in [0.2, 0.25) is 5.02 Å². The van der Waals surface area contributed by atoms with Crippen molar-refractivity contribution in [2.45, 2.75) is 20.0 Å². The van der Waals surface area contributed by atoms with Gasteiger partial charge in [0.2, 0.25) is 0 Å². The van der Waals surface area contributed by atoms with Gasteiger partial charge in [-0.2, -0.15) is 5.10 Å². The number of carbonyl (C=O) groups is 1. The summed E-state index contributed by atoms with van der Waals surface area (Å²) in [5.74, 6) is 0.827. The Kier molecular flexibility index (Phi) is 6.90. The molecule has 0 spiro atoms. The van der Waals surface area contributed by atoms with Crippen LogP contribution in [0.1, 0.15) is 28.5 Å². The van der Waals surface area contributed by atoms with Crippen molar-refractivity contribution in [1.82, 2.24) is 14.8 Å². The van der Waals surface area contributed by atoms with Crippen LogP contribution < -0.4 is 14.8 Å². The minimum Gasteiger partial charge on any atom is -0.493 e. The van der Waals surface area contributed by atoms with E-state index in [0.717, 1.165) is 16.9 Å². The quantitative estimate of drug-likeness (QED) is 0.383. The van der Waals surface area contributed by atoms with E-state index in [2.05, 4.69) is 15.4 Å². The Morgan fingerprint density at radius 3 is 2.70 bits per heavy atom. The summed E-state index contributed by atoms with van der Waals surface area (Å²) in [5, 5.41) is 7.95. The predicted octanol–water partition coefficient (Wildman–Crippen LogP) is 5.32. The largest absolute Gasteiger partial charge is 0.493 e. The summed E-state index contributed by atoms with van der Waals surface area (Å²) in [5.41, 5.74) is 3.59. The first-order valence-corrected chi connectivity index (χ1v) is 10.8. The van der Waals surface area contributed by atoms with Crippen LogP contribution in [0.15, 0.2) is 73.2 Å². The second kappa shape index (κ2) is 10.2. The van der Waals surface area contributed by atoms with Gasteiger partial charge in [0.15, 0.2) is 11.5 Å². The van der Waals surface area contributed by atoms with E-state index in [0.29, 0.717) is 40.8 Å². The number of anilines is 1. The maximum absolute atomic E-state index is 13.1. The lowest BCUT2D eigenvalue weighted by atomic mass is 10.1. The van der Waals surface area contributed by atoms with Crippen LogP contribution in [-0.2, 0) is 13.0 Å². The van der Waals surface area contributed by atoms with E-state index >= 15 is 0 Å². The Morgan fingerprint density at radius 2 is 1.97 bits per heavy atom. The third-order valence-electron chi connectivity index (χ3n) is 5.04. The highest BCUT2D eigenvalue weighted by atomic mass is 35.5. The number of pyridine rings is 1. The fourth-order valence-electron chi connectivity index (χ4n) is 3.44. The highest BCUT2D eigenvalue weighted by Gasteiger charge is 2.18. The number of halogens is 1. The number of nitrogens with one attached hydrogen (secondary N) is 1. The van der Waals surface area contributed by atoms with E-state index in [1.54, 1.807) is 54.6 Å². The predicted molar refractivity (Wildman–Crippen MR) is 127 cm³/mol. The molecule has 1 amide bonds. The summed E-state index contributed by atoms with van der Waals surface area (Å²) < 4.78 is 13.0. The van der Waals surface area contributed by atoms with Gasteiger partial charge in [0.05, 0.1) is 30.3 Å². The summed E-state index contributed by atoms with van der Waals surface area (Å²) in [7, 11) is 1.57. The van der Waals surface area contributed by atoms with Gasteiger partial charge in [0.25, 0.3) is 5.91 Å². The van der Waals surface area contributed by atoms with E-state index in [-0.39, 0.29) is 5.91 Å². The molecule has 8 heteroatoms. The van der Waals surface area contributed by atoms with Crippen LogP contribution in [0.25, 0.3) is 5.69 Å². The average molecular weight is 463 g/mol. The molecule has 0 aliphatic carbocycles. The highest BCUT2D eigenvalue weighted by molar-refractivity contribution is 6.30. The molecule has 0 fully saturated rings. The fraction of sp³-hybridized carbons (Fsp3) is 0.160. The van der Waals surface area contributed by atoms with Crippen LogP contribution in [0.5, 0.6) is 11.5 Å². The van der Waals surface area contributed by atoms with Crippen molar-refractivity contribution in [3.05, 3.63) is 95.0 Å². The molecule has 0 saturated carbocycles. The van der Waals surface area contributed by atoms with E-state index in [1.165, 1.54) is 0 Å². The standard InChI is InChI=1S/C25H23ClN4O3/c1-3-22-21(15-28-30(22)20-8-4-7-18(26)12-20)25(31)29-19-9-10-23(32-2)24(13-19)33-16-17-6-5-11-27-14-17/h4-15H,3,16H2,1-2H3,(H,29,31). The number of rotatable bonds is 8. The lowest BCUT2D eigenvalue weighted by Crippen LogP contribution is -2.14. The molecule has 0 aliphatic heterocycles. The van der Waals surface area contributed by atoms with Gasteiger partial charge < -0.3 is 14.8 Å². The molecule has 0 unspecified atom stereocenters. The molecule has 0 atom stereocenters. The normalized spacial score (nSPS) is 10.6. The maximum atomic E-state index is 13.1. The van der Waals surface area contributed by atoms with E-state index in [4.69, 9.17) is 21.1 Å². The topological polar surface area (TPSA) is 78.3 Å². The molecule has 4 rings (SSSR count). The number of hydrogen-bond acceptors (Lipinski definition) is 5. The first kappa shape index (κ1) is 22.4. The summed E-state index contributed by atoms with van der Waals surface area (Å²) in [4.78, 5) is 17.2. The van der Waals surface area contributed by atoms with Gasteiger partial charge in [-0.25, -0.2) is 4.68 Å². The van der Waals surface area contributed by atoms with Gasteiger partial charge in [0, 0.05) is 34.7 Å². The molecule has 33 heavy (non-hydrogen) atoms. The lowest BCUT2D eigenvalue weighted by molar-refractivity contribution is 0.102. The molecule has 2 aromatic heterocycles. The Labute approximate surface area is 196 Å². The number of aromatic nitrogens is 3. The van der Waals surface area contributed by atoms with Crippen molar-refractivity contribution >= 4 is 23.2 Å². The van der Waals surface area contributed by atoms with Crippen LogP contribution in [0.4, 0.5) is 5.69 Å². The molecule has 1 N–H and O–H groups in total.